The Hall–Kier alpha value is -2.21. The summed E-state index contributed by atoms with van der Waals surface area (Å²) in [7, 11) is 0. The number of nitrogens with zero attached hydrogens (tertiary/aromatic N) is 5. The van der Waals surface area contributed by atoms with Crippen molar-refractivity contribution in [3.8, 4) is 0 Å². The molecule has 0 radical (unpaired) electrons. The molecule has 4 rings (SSSR count). The summed E-state index contributed by atoms with van der Waals surface area (Å²) >= 11 is 0. The molecule has 0 bridgehead atoms. The van der Waals surface area contributed by atoms with Crippen LogP contribution in [0.15, 0.2) is 24.5 Å². The molecule has 3 aromatic rings. The number of para-hydroxylation sites is 1. The number of nitrogens with one attached hydrogen (secondary N) is 1. The van der Waals surface area contributed by atoms with Crippen LogP contribution in [-0.2, 0) is 13.1 Å². The summed E-state index contributed by atoms with van der Waals surface area (Å²) in [5.41, 5.74) is 3.44. The van der Waals surface area contributed by atoms with Crippen molar-refractivity contribution in [1.29, 1.82) is 0 Å². The molecule has 1 aromatic carbocycles. The number of hydrogen-bond acceptors (Lipinski definition) is 4. The zero-order valence-electron chi connectivity index (χ0n) is 13.7. The number of aromatic amines is 1. The Balaban J connectivity index is 1.62. The van der Waals surface area contributed by atoms with Gasteiger partial charge >= 0.3 is 0 Å². The van der Waals surface area contributed by atoms with E-state index in [0.29, 0.717) is 6.04 Å². The number of aromatic nitrogens is 5. The number of rotatable bonds is 4. The van der Waals surface area contributed by atoms with Gasteiger partial charge in [-0.2, -0.15) is 5.10 Å². The molecule has 120 valence electrons. The lowest BCUT2D eigenvalue weighted by Crippen LogP contribution is -2.25. The first-order valence-corrected chi connectivity index (χ1v) is 8.32. The maximum absolute atomic E-state index is 4.88. The minimum atomic E-state index is 0.337. The Kier molecular flexibility index (Phi) is 3.61. The van der Waals surface area contributed by atoms with Gasteiger partial charge in [0.15, 0.2) is 0 Å². The molecule has 0 amide bonds. The second-order valence-corrected chi connectivity index (χ2v) is 6.21. The Labute approximate surface area is 135 Å². The second kappa shape index (κ2) is 5.77. The fraction of sp³-hybridized carbons (Fsp3) is 0.471. The lowest BCUT2D eigenvalue weighted by molar-refractivity contribution is 0.231. The molecular weight excluding hydrogens is 288 g/mol. The fourth-order valence-corrected chi connectivity index (χ4v) is 3.53. The number of H-pyrrole nitrogens is 1. The van der Waals surface area contributed by atoms with Crippen molar-refractivity contribution in [3.05, 3.63) is 41.7 Å². The summed E-state index contributed by atoms with van der Waals surface area (Å²) in [6, 6.07) is 6.63. The topological polar surface area (TPSA) is 62.6 Å². The van der Waals surface area contributed by atoms with Crippen LogP contribution in [0.1, 0.15) is 43.0 Å². The molecule has 1 N–H and O–H groups in total. The standard InChI is InChI=1S/C17H22N6/c1-3-23-15(18-11-19-23)10-22-9-5-8-14(22)17-20-13-7-4-6-12(2)16(13)21-17/h4,6-7,11,14H,3,5,8-10H2,1-2H3,(H,20,21)/t14-/m0/s1. The van der Waals surface area contributed by atoms with E-state index in [1.54, 1.807) is 6.33 Å². The van der Waals surface area contributed by atoms with Crippen molar-refractivity contribution in [1.82, 2.24) is 29.6 Å². The molecule has 2 aromatic heterocycles. The summed E-state index contributed by atoms with van der Waals surface area (Å²) in [5, 5.41) is 4.28. The summed E-state index contributed by atoms with van der Waals surface area (Å²) in [6.45, 7) is 6.98. The minimum Gasteiger partial charge on any atom is -0.341 e. The zero-order valence-corrected chi connectivity index (χ0v) is 13.7. The van der Waals surface area contributed by atoms with Crippen molar-refractivity contribution in [2.75, 3.05) is 6.54 Å². The highest BCUT2D eigenvalue weighted by atomic mass is 15.4. The van der Waals surface area contributed by atoms with Gasteiger partial charge < -0.3 is 4.98 Å². The molecule has 0 saturated carbocycles. The summed E-state index contributed by atoms with van der Waals surface area (Å²) in [6.07, 6.45) is 3.98. The van der Waals surface area contributed by atoms with Gasteiger partial charge in [0.05, 0.1) is 23.6 Å². The van der Waals surface area contributed by atoms with Crippen LogP contribution >= 0.6 is 0 Å². The molecule has 0 unspecified atom stereocenters. The molecule has 23 heavy (non-hydrogen) atoms. The molecule has 1 aliphatic rings. The van der Waals surface area contributed by atoms with Gasteiger partial charge in [0, 0.05) is 6.54 Å². The van der Waals surface area contributed by atoms with Crippen LogP contribution in [0.4, 0.5) is 0 Å². The number of fused-ring (bicyclic) bond motifs is 1. The SMILES string of the molecule is CCn1ncnc1CN1CCC[C@H]1c1nc2c(C)cccc2[nH]1. The normalized spacial score (nSPS) is 19.0. The molecule has 3 heterocycles. The van der Waals surface area contributed by atoms with Crippen molar-refractivity contribution < 1.29 is 0 Å². The van der Waals surface area contributed by atoms with Crippen LogP contribution in [0, 0.1) is 6.92 Å². The first-order valence-electron chi connectivity index (χ1n) is 8.32. The van der Waals surface area contributed by atoms with Crippen molar-refractivity contribution >= 4 is 11.0 Å². The average molecular weight is 310 g/mol. The molecule has 6 heteroatoms. The summed E-state index contributed by atoms with van der Waals surface area (Å²) in [5.74, 6) is 2.11. The van der Waals surface area contributed by atoms with Gasteiger partial charge in [-0.3, -0.25) is 4.90 Å². The van der Waals surface area contributed by atoms with Crippen LogP contribution < -0.4 is 0 Å². The molecule has 1 atom stereocenters. The molecule has 6 nitrogen and oxygen atoms in total. The highest BCUT2D eigenvalue weighted by Gasteiger charge is 2.29. The number of aryl methyl sites for hydroxylation is 2. The summed E-state index contributed by atoms with van der Waals surface area (Å²) in [4.78, 5) is 15.3. The van der Waals surface area contributed by atoms with Crippen molar-refractivity contribution in [2.45, 2.75) is 45.8 Å². The Morgan fingerprint density at radius 2 is 2.26 bits per heavy atom. The van der Waals surface area contributed by atoms with E-state index < -0.39 is 0 Å². The van der Waals surface area contributed by atoms with Crippen LogP contribution in [-0.4, -0.2) is 36.2 Å². The van der Waals surface area contributed by atoms with E-state index in [-0.39, 0.29) is 0 Å². The van der Waals surface area contributed by atoms with Crippen molar-refractivity contribution in [2.24, 2.45) is 0 Å². The third-order valence-electron chi connectivity index (χ3n) is 4.75. The van der Waals surface area contributed by atoms with Crippen LogP contribution in [0.25, 0.3) is 11.0 Å². The van der Waals surface area contributed by atoms with Gasteiger partial charge in [0.1, 0.15) is 18.0 Å². The van der Waals surface area contributed by atoms with Gasteiger partial charge in [-0.15, -0.1) is 0 Å². The molecule has 1 saturated heterocycles. The van der Waals surface area contributed by atoms with Crippen LogP contribution in [0.3, 0.4) is 0 Å². The van der Waals surface area contributed by atoms with E-state index in [2.05, 4.69) is 52.0 Å². The van der Waals surface area contributed by atoms with E-state index in [1.165, 1.54) is 12.0 Å². The second-order valence-electron chi connectivity index (χ2n) is 6.21. The van der Waals surface area contributed by atoms with Gasteiger partial charge in [0.25, 0.3) is 0 Å². The molecule has 0 aliphatic carbocycles. The smallest absolute Gasteiger partial charge is 0.141 e. The largest absolute Gasteiger partial charge is 0.341 e. The third kappa shape index (κ3) is 2.53. The minimum absolute atomic E-state index is 0.337. The molecule has 1 aliphatic heterocycles. The monoisotopic (exact) mass is 310 g/mol. The number of imidazole rings is 1. The highest BCUT2D eigenvalue weighted by Crippen LogP contribution is 2.32. The average Bonchev–Trinajstić information content (AvgIpc) is 3.26. The zero-order chi connectivity index (χ0) is 15.8. The maximum atomic E-state index is 4.88. The van der Waals surface area contributed by atoms with Gasteiger partial charge in [0.2, 0.25) is 0 Å². The van der Waals surface area contributed by atoms with E-state index in [0.717, 1.165) is 48.7 Å². The van der Waals surface area contributed by atoms with Gasteiger partial charge in [-0.1, -0.05) is 12.1 Å². The number of benzene rings is 1. The first kappa shape index (κ1) is 14.4. The Morgan fingerprint density at radius 1 is 1.35 bits per heavy atom. The quantitative estimate of drug-likeness (QED) is 0.805. The van der Waals surface area contributed by atoms with Crippen LogP contribution in [0.5, 0.6) is 0 Å². The predicted molar refractivity (Wildman–Crippen MR) is 88.9 cm³/mol. The van der Waals surface area contributed by atoms with Crippen LogP contribution in [0.2, 0.25) is 0 Å². The highest BCUT2D eigenvalue weighted by molar-refractivity contribution is 5.78. The van der Waals surface area contributed by atoms with E-state index in [4.69, 9.17) is 4.98 Å². The van der Waals surface area contributed by atoms with Gasteiger partial charge in [-0.25, -0.2) is 14.6 Å². The third-order valence-corrected chi connectivity index (χ3v) is 4.75. The Morgan fingerprint density at radius 3 is 3.09 bits per heavy atom. The maximum Gasteiger partial charge on any atom is 0.141 e. The fourth-order valence-electron chi connectivity index (χ4n) is 3.53. The first-order chi connectivity index (χ1) is 11.3. The summed E-state index contributed by atoms with van der Waals surface area (Å²) < 4.78 is 1.97. The lowest BCUT2D eigenvalue weighted by Gasteiger charge is -2.22. The van der Waals surface area contributed by atoms with Gasteiger partial charge in [-0.05, 0) is 44.9 Å². The lowest BCUT2D eigenvalue weighted by atomic mass is 10.2. The van der Waals surface area contributed by atoms with Crippen molar-refractivity contribution in [3.63, 3.8) is 0 Å². The molecular formula is C17H22N6. The molecule has 1 fully saturated rings. The number of hydrogen-bond donors (Lipinski definition) is 1. The van der Waals surface area contributed by atoms with E-state index in [9.17, 15) is 0 Å². The number of likely N-dealkylation sites (tertiary alicyclic amines) is 1. The predicted octanol–water partition coefficient (Wildman–Crippen LogP) is 2.82. The van der Waals surface area contributed by atoms with E-state index in [1.807, 2.05) is 4.68 Å². The Bertz CT molecular complexity index is 817. The van der Waals surface area contributed by atoms with E-state index >= 15 is 0 Å². The molecule has 0 spiro atoms.